The van der Waals surface area contributed by atoms with Gasteiger partial charge in [0.15, 0.2) is 6.29 Å². The molecule has 1 aromatic heterocycles. The lowest BCUT2D eigenvalue weighted by Crippen LogP contribution is -1.77. The fourth-order valence-corrected chi connectivity index (χ4v) is 1.27. The first-order chi connectivity index (χ1) is 6.84. The van der Waals surface area contributed by atoms with Crippen molar-refractivity contribution in [3.05, 3.63) is 52.7 Å². The third-order valence-electron chi connectivity index (χ3n) is 1.49. The number of para-hydroxylation sites is 1. The molecule has 0 aliphatic rings. The number of phenolic OH excluding ortho intramolecular Hbond substituents is 1. The van der Waals surface area contributed by atoms with E-state index in [4.69, 9.17) is 5.11 Å². The second-order valence-electron chi connectivity index (χ2n) is 2.47. The molecule has 14 heavy (non-hydrogen) atoms. The van der Waals surface area contributed by atoms with Gasteiger partial charge in [-0.1, -0.05) is 24.3 Å². The number of aromatic hydroxyl groups is 1. The summed E-state index contributed by atoms with van der Waals surface area (Å²) in [5.41, 5.74) is 0.331. The van der Waals surface area contributed by atoms with E-state index < -0.39 is 0 Å². The quantitative estimate of drug-likeness (QED) is 0.728. The molecule has 0 saturated carbocycles. The third-order valence-corrected chi connectivity index (χ3v) is 2.12. The highest BCUT2D eigenvalue weighted by Gasteiger charge is 1.93. The minimum absolute atomic E-state index is 0.0347. The van der Waals surface area contributed by atoms with Crippen LogP contribution in [0.25, 0.3) is 0 Å². The van der Waals surface area contributed by atoms with E-state index >= 15 is 0 Å². The van der Waals surface area contributed by atoms with Crippen LogP contribution in [0.5, 0.6) is 5.75 Å². The maximum Gasteiger partial charge on any atom is 0.153 e. The summed E-state index contributed by atoms with van der Waals surface area (Å²) in [6, 6.07) is 10.4. The lowest BCUT2D eigenvalue weighted by atomic mass is 10.2. The van der Waals surface area contributed by atoms with Crippen molar-refractivity contribution < 1.29 is 9.90 Å². The van der Waals surface area contributed by atoms with Crippen LogP contribution >= 0.6 is 11.3 Å². The molecule has 0 bridgehead atoms. The minimum Gasteiger partial charge on any atom is -0.507 e. The maximum absolute atomic E-state index is 10.1. The number of benzene rings is 1. The van der Waals surface area contributed by atoms with Crippen LogP contribution < -0.4 is 0 Å². The Labute approximate surface area is 86.5 Å². The Bertz CT molecular complexity index is 351. The molecule has 0 spiro atoms. The predicted octanol–water partition coefficient (Wildman–Crippen LogP) is 2.95. The van der Waals surface area contributed by atoms with Crippen molar-refractivity contribution in [1.82, 2.24) is 0 Å². The lowest BCUT2D eigenvalue weighted by molar-refractivity contribution is 0.112. The van der Waals surface area contributed by atoms with Gasteiger partial charge in [-0.3, -0.25) is 4.79 Å². The molecular weight excluding hydrogens is 196 g/mol. The van der Waals surface area contributed by atoms with Crippen molar-refractivity contribution in [1.29, 1.82) is 0 Å². The zero-order valence-corrected chi connectivity index (χ0v) is 8.28. The van der Waals surface area contributed by atoms with Crippen molar-refractivity contribution in [2.45, 2.75) is 0 Å². The number of carbonyl (C=O) groups is 1. The largest absolute Gasteiger partial charge is 0.507 e. The number of hydrogen-bond donors (Lipinski definition) is 1. The highest BCUT2D eigenvalue weighted by molar-refractivity contribution is 7.07. The Hall–Kier alpha value is -1.61. The molecule has 3 heteroatoms. The third kappa shape index (κ3) is 3.41. The van der Waals surface area contributed by atoms with E-state index in [0.29, 0.717) is 11.8 Å². The van der Waals surface area contributed by atoms with Crippen LogP contribution in [-0.2, 0) is 0 Å². The maximum atomic E-state index is 10.1. The Kier molecular flexibility index (Phi) is 4.44. The molecule has 0 radical (unpaired) electrons. The van der Waals surface area contributed by atoms with E-state index in [9.17, 15) is 4.79 Å². The highest BCUT2D eigenvalue weighted by Crippen LogP contribution is 2.11. The number of thiophene rings is 1. The molecule has 2 nitrogen and oxygen atoms in total. The molecule has 1 aromatic carbocycles. The van der Waals surface area contributed by atoms with Gasteiger partial charge >= 0.3 is 0 Å². The van der Waals surface area contributed by atoms with Gasteiger partial charge < -0.3 is 5.11 Å². The molecule has 2 aromatic rings. The van der Waals surface area contributed by atoms with Crippen LogP contribution in [0.4, 0.5) is 0 Å². The van der Waals surface area contributed by atoms with Crippen LogP contribution in [-0.4, -0.2) is 11.4 Å². The summed E-state index contributed by atoms with van der Waals surface area (Å²) >= 11 is 1.71. The molecule has 0 aliphatic heterocycles. The molecule has 0 amide bonds. The van der Waals surface area contributed by atoms with Gasteiger partial charge in [-0.25, -0.2) is 0 Å². The van der Waals surface area contributed by atoms with Gasteiger partial charge in [0.25, 0.3) is 0 Å². The fraction of sp³-hybridized carbons (Fsp3) is 0. The number of hydrogen-bond acceptors (Lipinski definition) is 3. The average molecular weight is 206 g/mol. The van der Waals surface area contributed by atoms with Crippen molar-refractivity contribution in [3.8, 4) is 5.75 Å². The summed E-state index contributed by atoms with van der Waals surface area (Å²) in [6.07, 6.45) is 0.620. The molecule has 0 saturated heterocycles. The van der Waals surface area contributed by atoms with Crippen LogP contribution in [0.15, 0.2) is 47.2 Å². The Morgan fingerprint density at radius 2 is 1.71 bits per heavy atom. The van der Waals surface area contributed by atoms with Crippen molar-refractivity contribution in [3.63, 3.8) is 0 Å². The second kappa shape index (κ2) is 5.94. The van der Waals surface area contributed by atoms with E-state index in [1.165, 1.54) is 6.07 Å². The van der Waals surface area contributed by atoms with Gasteiger partial charge in [0.2, 0.25) is 0 Å². The Morgan fingerprint density at radius 3 is 2.07 bits per heavy atom. The molecule has 0 unspecified atom stereocenters. The summed E-state index contributed by atoms with van der Waals surface area (Å²) in [6.45, 7) is 0. The first-order valence-corrected chi connectivity index (χ1v) is 4.99. The number of phenols is 1. The normalized spacial score (nSPS) is 8.57. The average Bonchev–Trinajstić information content (AvgIpc) is 2.76. The van der Waals surface area contributed by atoms with E-state index in [-0.39, 0.29) is 5.75 Å². The summed E-state index contributed by atoms with van der Waals surface area (Å²) in [5, 5.41) is 13.0. The summed E-state index contributed by atoms with van der Waals surface area (Å²) in [7, 11) is 0. The van der Waals surface area contributed by atoms with Crippen LogP contribution in [0.3, 0.4) is 0 Å². The van der Waals surface area contributed by atoms with Crippen LogP contribution in [0.1, 0.15) is 10.4 Å². The van der Waals surface area contributed by atoms with Gasteiger partial charge in [0, 0.05) is 0 Å². The van der Waals surface area contributed by atoms with Crippen molar-refractivity contribution in [2.75, 3.05) is 0 Å². The van der Waals surface area contributed by atoms with Gasteiger partial charge in [-0.15, -0.1) is 0 Å². The molecule has 0 atom stereocenters. The summed E-state index contributed by atoms with van der Waals surface area (Å²) in [4.78, 5) is 10.1. The topological polar surface area (TPSA) is 37.3 Å². The second-order valence-corrected chi connectivity index (χ2v) is 3.29. The SMILES string of the molecule is O=Cc1ccccc1O.c1ccsc1. The van der Waals surface area contributed by atoms with Crippen LogP contribution in [0.2, 0.25) is 0 Å². The molecule has 2 rings (SSSR count). The van der Waals surface area contributed by atoms with E-state index in [1.807, 2.05) is 22.9 Å². The number of aldehydes is 1. The molecule has 1 N–H and O–H groups in total. The first-order valence-electron chi connectivity index (χ1n) is 4.05. The highest BCUT2D eigenvalue weighted by atomic mass is 32.1. The Balaban J connectivity index is 0.000000165. The fourth-order valence-electron chi connectivity index (χ4n) is 0.814. The van der Waals surface area contributed by atoms with Crippen molar-refractivity contribution in [2.24, 2.45) is 0 Å². The molecular formula is C11H10O2S. The van der Waals surface area contributed by atoms with Crippen molar-refractivity contribution >= 4 is 17.6 Å². The van der Waals surface area contributed by atoms with Gasteiger partial charge in [-0.05, 0) is 22.9 Å². The van der Waals surface area contributed by atoms with E-state index in [0.717, 1.165) is 0 Å². The lowest BCUT2D eigenvalue weighted by Gasteiger charge is -1.91. The Morgan fingerprint density at radius 1 is 1.07 bits per heavy atom. The zero-order chi connectivity index (χ0) is 10.2. The predicted molar refractivity (Wildman–Crippen MR) is 57.8 cm³/mol. The molecule has 1 heterocycles. The molecule has 0 fully saturated rings. The van der Waals surface area contributed by atoms with Gasteiger partial charge in [0.1, 0.15) is 5.75 Å². The van der Waals surface area contributed by atoms with E-state index in [2.05, 4.69) is 0 Å². The van der Waals surface area contributed by atoms with Gasteiger partial charge in [-0.2, -0.15) is 11.3 Å². The first kappa shape index (κ1) is 10.5. The standard InChI is InChI=1S/C7H6O2.C4H4S/c8-5-6-3-1-2-4-7(6)9;1-2-4-5-3-1/h1-5,9H;1-4H. The molecule has 0 aliphatic carbocycles. The monoisotopic (exact) mass is 206 g/mol. The van der Waals surface area contributed by atoms with E-state index in [1.54, 1.807) is 29.5 Å². The van der Waals surface area contributed by atoms with Crippen LogP contribution in [0, 0.1) is 0 Å². The smallest absolute Gasteiger partial charge is 0.153 e. The minimum atomic E-state index is 0.0347. The summed E-state index contributed by atoms with van der Waals surface area (Å²) < 4.78 is 0. The number of carbonyl (C=O) groups excluding carboxylic acids is 1. The summed E-state index contributed by atoms with van der Waals surface area (Å²) in [5.74, 6) is 0.0347. The zero-order valence-electron chi connectivity index (χ0n) is 7.46. The van der Waals surface area contributed by atoms with Gasteiger partial charge in [0.05, 0.1) is 5.56 Å². The molecule has 72 valence electrons. The number of rotatable bonds is 1.